The molecule has 55 heavy (non-hydrogen) atoms. The van der Waals surface area contributed by atoms with Gasteiger partial charge in [-0.3, -0.25) is 4.52 Å². The Bertz CT molecular complexity index is 1380. The molecular weight excluding hydrogens is 696 g/mol. The molecule has 314 valence electrons. The fraction of sp³-hybridized carbons (Fsp3) is 0.640. The second-order valence-electron chi connectivity index (χ2n) is 16.8. The lowest BCUT2D eigenvalue weighted by Gasteiger charge is -2.11. The highest BCUT2D eigenvalue weighted by molar-refractivity contribution is 7.46. The maximum absolute atomic E-state index is 10.8. The van der Waals surface area contributed by atoms with Crippen LogP contribution in [0.25, 0.3) is 0 Å². The van der Waals surface area contributed by atoms with Gasteiger partial charge in [-0.1, -0.05) is 112 Å². The van der Waals surface area contributed by atoms with Crippen LogP contribution in [0.2, 0.25) is 0 Å². The van der Waals surface area contributed by atoms with E-state index in [0.29, 0.717) is 12.3 Å². The van der Waals surface area contributed by atoms with Crippen molar-refractivity contribution in [1.29, 1.82) is 0 Å². The van der Waals surface area contributed by atoms with Gasteiger partial charge in [-0.15, -0.1) is 0 Å². The summed E-state index contributed by atoms with van der Waals surface area (Å²) in [5, 5.41) is 0. The largest absolute Gasteiger partial charge is 0.469 e. The van der Waals surface area contributed by atoms with E-state index in [2.05, 4.69) is 135 Å². The summed E-state index contributed by atoms with van der Waals surface area (Å²) in [6, 6.07) is 0. The number of phosphoric acid groups is 1. The minimum absolute atomic E-state index is 0.108. The molecular formula is C50H85O4P. The van der Waals surface area contributed by atoms with E-state index >= 15 is 0 Å². The highest BCUT2D eigenvalue weighted by atomic mass is 31.2. The van der Waals surface area contributed by atoms with Crippen LogP contribution in [-0.4, -0.2) is 16.4 Å². The van der Waals surface area contributed by atoms with E-state index in [4.69, 9.17) is 9.79 Å². The Balaban J connectivity index is 4.23. The molecule has 0 aromatic carbocycles. The molecule has 0 aliphatic rings. The smallest absolute Gasteiger partial charge is 0.303 e. The lowest BCUT2D eigenvalue weighted by atomic mass is 10.0. The van der Waals surface area contributed by atoms with Crippen molar-refractivity contribution < 1.29 is 18.9 Å². The predicted octanol–water partition coefficient (Wildman–Crippen LogP) is 16.7. The summed E-state index contributed by atoms with van der Waals surface area (Å²) in [4.78, 5) is 17.6. The van der Waals surface area contributed by atoms with Crippen LogP contribution in [0.15, 0.2) is 105 Å². The van der Waals surface area contributed by atoms with Crippen molar-refractivity contribution in [2.24, 2.45) is 5.92 Å². The third-order valence-electron chi connectivity index (χ3n) is 10.3. The zero-order chi connectivity index (χ0) is 41.5. The lowest BCUT2D eigenvalue weighted by molar-refractivity contribution is 0.185. The Hall–Kier alpha value is -2.23. The van der Waals surface area contributed by atoms with Crippen molar-refractivity contribution in [1.82, 2.24) is 0 Å². The van der Waals surface area contributed by atoms with Crippen LogP contribution in [0.1, 0.15) is 198 Å². The summed E-state index contributed by atoms with van der Waals surface area (Å²) in [7, 11) is -4.35. The highest BCUT2D eigenvalue weighted by Crippen LogP contribution is 2.36. The molecule has 2 N–H and O–H groups in total. The summed E-state index contributed by atoms with van der Waals surface area (Å²) in [5.74, 6) is 0.378. The molecule has 5 heteroatoms. The zero-order valence-corrected chi connectivity index (χ0v) is 38.5. The van der Waals surface area contributed by atoms with Gasteiger partial charge in [0.15, 0.2) is 0 Å². The van der Waals surface area contributed by atoms with Crippen LogP contribution < -0.4 is 0 Å². The molecule has 1 atom stereocenters. The van der Waals surface area contributed by atoms with Gasteiger partial charge in [0.2, 0.25) is 0 Å². The van der Waals surface area contributed by atoms with Gasteiger partial charge in [-0.25, -0.2) is 4.57 Å². The van der Waals surface area contributed by atoms with Crippen molar-refractivity contribution in [2.45, 2.75) is 198 Å². The Morgan fingerprint density at radius 2 is 0.655 bits per heavy atom. The Morgan fingerprint density at radius 3 is 0.891 bits per heavy atom. The zero-order valence-electron chi connectivity index (χ0n) is 37.6. The molecule has 0 saturated heterocycles. The van der Waals surface area contributed by atoms with E-state index in [1.807, 2.05) is 0 Å². The second-order valence-corrected chi connectivity index (χ2v) is 18.0. The number of phosphoric ester groups is 1. The van der Waals surface area contributed by atoms with Crippen LogP contribution in [0.4, 0.5) is 0 Å². The van der Waals surface area contributed by atoms with Crippen molar-refractivity contribution in [3.05, 3.63) is 105 Å². The fourth-order valence-electron chi connectivity index (χ4n) is 6.36. The van der Waals surface area contributed by atoms with Crippen molar-refractivity contribution >= 4 is 7.82 Å². The maximum atomic E-state index is 10.8. The molecule has 0 aliphatic carbocycles. The summed E-state index contributed by atoms with van der Waals surface area (Å²) in [6.07, 6.45) is 42.6. The maximum Gasteiger partial charge on any atom is 0.469 e. The van der Waals surface area contributed by atoms with Crippen molar-refractivity contribution in [3.63, 3.8) is 0 Å². The average molecular weight is 781 g/mol. The summed E-state index contributed by atoms with van der Waals surface area (Å²) >= 11 is 0. The molecule has 0 aromatic rings. The van der Waals surface area contributed by atoms with E-state index in [1.165, 1.54) is 69.4 Å². The molecule has 0 saturated carbocycles. The van der Waals surface area contributed by atoms with Gasteiger partial charge in [-0.2, -0.15) is 0 Å². The number of hydrogen-bond donors (Lipinski definition) is 2. The van der Waals surface area contributed by atoms with Crippen LogP contribution in [0.3, 0.4) is 0 Å². The molecule has 0 unspecified atom stereocenters. The summed E-state index contributed by atoms with van der Waals surface area (Å²) in [5.41, 5.74) is 13.4. The minimum atomic E-state index is -4.35. The molecule has 4 nitrogen and oxygen atoms in total. The van der Waals surface area contributed by atoms with Gasteiger partial charge in [0.05, 0.1) is 6.61 Å². The first-order chi connectivity index (χ1) is 26.0. The molecule has 0 aliphatic heterocycles. The van der Waals surface area contributed by atoms with Gasteiger partial charge in [0, 0.05) is 0 Å². The molecule has 0 aromatic heterocycles. The van der Waals surface area contributed by atoms with Gasteiger partial charge in [0.25, 0.3) is 0 Å². The highest BCUT2D eigenvalue weighted by Gasteiger charge is 2.14. The monoisotopic (exact) mass is 781 g/mol. The third-order valence-corrected chi connectivity index (χ3v) is 10.9. The van der Waals surface area contributed by atoms with Crippen molar-refractivity contribution in [2.75, 3.05) is 6.61 Å². The van der Waals surface area contributed by atoms with E-state index in [0.717, 1.165) is 96.3 Å². The second kappa shape index (κ2) is 32.8. The fourth-order valence-corrected chi connectivity index (χ4v) is 6.70. The first-order valence-electron chi connectivity index (χ1n) is 21.5. The number of rotatable bonds is 31. The molecule has 0 spiro atoms. The Labute approximate surface area is 341 Å². The Kier molecular flexibility index (Phi) is 31.5. The van der Waals surface area contributed by atoms with Crippen LogP contribution in [0, 0.1) is 5.92 Å². The third kappa shape index (κ3) is 37.1. The number of hydrogen-bond acceptors (Lipinski definition) is 2. The van der Waals surface area contributed by atoms with E-state index in [-0.39, 0.29) is 6.61 Å². The molecule has 0 bridgehead atoms. The standard InChI is InChI=1S/C50H85O4P/c1-41(2)21-12-22-42(3)23-13-24-43(4)25-14-26-44(5)27-15-28-45(6)29-16-30-46(7)31-17-32-47(8)33-18-34-48(9)35-19-36-49(10)37-20-38-50(11)39-40-54-55(51,52)53/h21,23,25,27,29,31,33,35,37,50H,12-20,22,24,26,28,30,32,34,36,38-40H2,1-11H3,(H2,51,52,53)/b42-23+,43-25+,44-27+,45-29+,46-31+,47-33+,48-35+,49-37+/t50-/m0/s1. The SMILES string of the molecule is CC(C)=CCC/C(C)=C/CC/C(C)=C/CC/C(C)=C/CC/C(C)=C/CC/C(C)=C/CC/C(C)=C/CC/C(C)=C/CC/C(C)=C/CC[C@H](C)CCOP(=O)(O)O. The topological polar surface area (TPSA) is 66.8 Å². The van der Waals surface area contributed by atoms with Crippen molar-refractivity contribution in [3.8, 4) is 0 Å². The normalized spacial score (nSPS) is 15.2. The van der Waals surface area contributed by atoms with E-state index < -0.39 is 7.82 Å². The average Bonchev–Trinajstić information content (AvgIpc) is 3.07. The van der Waals surface area contributed by atoms with Gasteiger partial charge in [0.1, 0.15) is 0 Å². The van der Waals surface area contributed by atoms with Gasteiger partial charge in [-0.05, 0) is 197 Å². The molecule has 0 rings (SSSR count). The molecule has 0 amide bonds. The summed E-state index contributed by atoms with van der Waals surface area (Å²) in [6.45, 7) is 24.7. The molecule has 0 heterocycles. The van der Waals surface area contributed by atoms with Crippen LogP contribution in [0.5, 0.6) is 0 Å². The predicted molar refractivity (Wildman–Crippen MR) is 244 cm³/mol. The first-order valence-corrected chi connectivity index (χ1v) is 23.1. The quantitative estimate of drug-likeness (QED) is 0.0543. The summed E-state index contributed by atoms with van der Waals surface area (Å²) < 4.78 is 15.3. The molecule has 0 radical (unpaired) electrons. The Morgan fingerprint density at radius 1 is 0.418 bits per heavy atom. The van der Waals surface area contributed by atoms with Crippen LogP contribution >= 0.6 is 7.82 Å². The first kappa shape index (κ1) is 52.8. The van der Waals surface area contributed by atoms with E-state index in [1.54, 1.807) is 0 Å². The van der Waals surface area contributed by atoms with Gasteiger partial charge < -0.3 is 9.79 Å². The minimum Gasteiger partial charge on any atom is -0.303 e. The number of allylic oxidation sites excluding steroid dienone is 18. The van der Waals surface area contributed by atoms with Gasteiger partial charge >= 0.3 is 7.82 Å². The van der Waals surface area contributed by atoms with E-state index in [9.17, 15) is 4.57 Å². The van der Waals surface area contributed by atoms with Crippen LogP contribution in [-0.2, 0) is 9.09 Å². The lowest BCUT2D eigenvalue weighted by Crippen LogP contribution is -2.00. The molecule has 0 fully saturated rings.